The van der Waals surface area contributed by atoms with Crippen LogP contribution in [0.25, 0.3) is 0 Å². The van der Waals surface area contributed by atoms with Crippen LogP contribution in [-0.4, -0.2) is 24.5 Å². The summed E-state index contributed by atoms with van der Waals surface area (Å²) in [4.78, 5) is 13.3. The zero-order valence-electron chi connectivity index (χ0n) is 12.4. The standard InChI is InChI=1S/C16H26N2OS/c1-13-12-14(9-10-17-13)18-16(19)8-4-2-3-6-15-7-5-11-20-15/h5,7,11,13-14,17H,2-4,6,8-10,12H2,1H3,(H,18,19). The molecule has 1 amide bonds. The Bertz CT molecular complexity index is 391. The Labute approximate surface area is 126 Å². The van der Waals surface area contributed by atoms with E-state index < -0.39 is 0 Å². The molecule has 2 unspecified atom stereocenters. The van der Waals surface area contributed by atoms with Gasteiger partial charge in [0.25, 0.3) is 0 Å². The Kier molecular flexibility index (Phi) is 6.54. The number of unbranched alkanes of at least 4 members (excludes halogenated alkanes) is 2. The van der Waals surface area contributed by atoms with Gasteiger partial charge in [-0.05, 0) is 57.0 Å². The van der Waals surface area contributed by atoms with Gasteiger partial charge in [0.1, 0.15) is 0 Å². The van der Waals surface area contributed by atoms with Crippen LogP contribution in [0, 0.1) is 0 Å². The second kappa shape index (κ2) is 8.42. The summed E-state index contributed by atoms with van der Waals surface area (Å²) < 4.78 is 0. The molecule has 112 valence electrons. The predicted molar refractivity (Wildman–Crippen MR) is 85.1 cm³/mol. The molecule has 1 aromatic heterocycles. The molecule has 0 radical (unpaired) electrons. The Morgan fingerprint density at radius 3 is 3.10 bits per heavy atom. The number of aryl methyl sites for hydroxylation is 1. The fourth-order valence-corrected chi connectivity index (χ4v) is 3.53. The molecule has 4 heteroatoms. The first kappa shape index (κ1) is 15.5. The molecule has 1 aliphatic heterocycles. The van der Waals surface area contributed by atoms with E-state index in [2.05, 4.69) is 35.1 Å². The van der Waals surface area contributed by atoms with Crippen molar-refractivity contribution >= 4 is 17.2 Å². The number of thiophene rings is 1. The highest BCUT2D eigenvalue weighted by Gasteiger charge is 2.19. The van der Waals surface area contributed by atoms with Gasteiger partial charge in [-0.15, -0.1) is 11.3 Å². The first-order chi connectivity index (χ1) is 9.74. The normalized spacial score (nSPS) is 22.6. The van der Waals surface area contributed by atoms with Gasteiger partial charge in [0.15, 0.2) is 0 Å². The van der Waals surface area contributed by atoms with Crippen molar-refractivity contribution in [1.82, 2.24) is 10.6 Å². The summed E-state index contributed by atoms with van der Waals surface area (Å²) in [6, 6.07) is 5.20. The number of hydrogen-bond donors (Lipinski definition) is 2. The zero-order chi connectivity index (χ0) is 14.2. The molecule has 2 heterocycles. The molecule has 0 spiro atoms. The maximum Gasteiger partial charge on any atom is 0.220 e. The first-order valence-corrected chi connectivity index (χ1v) is 8.67. The molecule has 0 aliphatic carbocycles. The second-order valence-electron chi connectivity index (χ2n) is 5.78. The maximum absolute atomic E-state index is 11.9. The van der Waals surface area contributed by atoms with Gasteiger partial charge >= 0.3 is 0 Å². The minimum absolute atomic E-state index is 0.236. The summed E-state index contributed by atoms with van der Waals surface area (Å²) >= 11 is 1.83. The van der Waals surface area contributed by atoms with Crippen molar-refractivity contribution < 1.29 is 4.79 Å². The Hall–Kier alpha value is -0.870. The van der Waals surface area contributed by atoms with Gasteiger partial charge in [0, 0.05) is 23.4 Å². The summed E-state index contributed by atoms with van der Waals surface area (Å²) in [6.45, 7) is 3.20. The van der Waals surface area contributed by atoms with Gasteiger partial charge in [-0.1, -0.05) is 12.5 Å². The van der Waals surface area contributed by atoms with E-state index in [-0.39, 0.29) is 5.91 Å². The Morgan fingerprint density at radius 2 is 2.35 bits per heavy atom. The summed E-state index contributed by atoms with van der Waals surface area (Å²) in [5, 5.41) is 8.71. The number of piperidine rings is 1. The SMILES string of the molecule is CC1CC(NC(=O)CCCCCc2cccs2)CCN1. The fraction of sp³-hybridized carbons (Fsp3) is 0.688. The van der Waals surface area contributed by atoms with Gasteiger partial charge < -0.3 is 10.6 Å². The number of nitrogens with one attached hydrogen (secondary N) is 2. The van der Waals surface area contributed by atoms with Gasteiger partial charge in [-0.25, -0.2) is 0 Å². The third-order valence-corrected chi connectivity index (χ3v) is 4.83. The van der Waals surface area contributed by atoms with Crippen molar-refractivity contribution in [3.8, 4) is 0 Å². The molecule has 0 saturated carbocycles. The van der Waals surface area contributed by atoms with E-state index in [0.29, 0.717) is 18.5 Å². The highest BCUT2D eigenvalue weighted by atomic mass is 32.1. The smallest absolute Gasteiger partial charge is 0.220 e. The minimum Gasteiger partial charge on any atom is -0.353 e. The van der Waals surface area contributed by atoms with E-state index in [0.717, 1.165) is 38.6 Å². The monoisotopic (exact) mass is 294 g/mol. The van der Waals surface area contributed by atoms with Gasteiger partial charge in [0.05, 0.1) is 0 Å². The molecule has 0 bridgehead atoms. The van der Waals surface area contributed by atoms with E-state index in [9.17, 15) is 4.79 Å². The maximum atomic E-state index is 11.9. The molecule has 20 heavy (non-hydrogen) atoms. The first-order valence-electron chi connectivity index (χ1n) is 7.79. The lowest BCUT2D eigenvalue weighted by molar-refractivity contribution is -0.122. The van der Waals surface area contributed by atoms with Crippen LogP contribution in [0.4, 0.5) is 0 Å². The lowest BCUT2D eigenvalue weighted by atomic mass is 10.0. The van der Waals surface area contributed by atoms with E-state index in [1.165, 1.54) is 11.3 Å². The highest BCUT2D eigenvalue weighted by molar-refractivity contribution is 7.09. The van der Waals surface area contributed by atoms with Crippen LogP contribution in [0.5, 0.6) is 0 Å². The molecule has 2 rings (SSSR count). The summed E-state index contributed by atoms with van der Waals surface area (Å²) in [5.41, 5.74) is 0. The van der Waals surface area contributed by atoms with Crippen molar-refractivity contribution in [2.75, 3.05) is 6.54 Å². The Morgan fingerprint density at radius 1 is 1.45 bits per heavy atom. The summed E-state index contributed by atoms with van der Waals surface area (Å²) in [7, 11) is 0. The van der Waals surface area contributed by atoms with Crippen LogP contribution in [0.15, 0.2) is 17.5 Å². The van der Waals surface area contributed by atoms with Crippen molar-refractivity contribution in [2.45, 2.75) is 64.0 Å². The third-order valence-electron chi connectivity index (χ3n) is 3.90. The lowest BCUT2D eigenvalue weighted by Crippen LogP contribution is -2.46. The Balaban J connectivity index is 1.51. The topological polar surface area (TPSA) is 41.1 Å². The fourth-order valence-electron chi connectivity index (χ4n) is 2.78. The quantitative estimate of drug-likeness (QED) is 0.759. The van der Waals surface area contributed by atoms with Gasteiger partial charge in [-0.3, -0.25) is 4.79 Å². The van der Waals surface area contributed by atoms with E-state index >= 15 is 0 Å². The molecule has 2 atom stereocenters. The molecular formula is C16H26N2OS. The molecule has 1 saturated heterocycles. The third kappa shape index (κ3) is 5.63. The number of hydrogen-bond acceptors (Lipinski definition) is 3. The average Bonchev–Trinajstić information content (AvgIpc) is 2.91. The van der Waals surface area contributed by atoms with Crippen molar-refractivity contribution in [3.63, 3.8) is 0 Å². The van der Waals surface area contributed by atoms with Gasteiger partial charge in [0.2, 0.25) is 5.91 Å². The molecule has 1 aliphatic rings. The van der Waals surface area contributed by atoms with Crippen molar-refractivity contribution in [1.29, 1.82) is 0 Å². The van der Waals surface area contributed by atoms with Crippen LogP contribution in [0.2, 0.25) is 0 Å². The van der Waals surface area contributed by atoms with Crippen LogP contribution >= 0.6 is 11.3 Å². The largest absolute Gasteiger partial charge is 0.353 e. The number of rotatable bonds is 7. The van der Waals surface area contributed by atoms with E-state index in [1.807, 2.05) is 11.3 Å². The molecule has 3 nitrogen and oxygen atoms in total. The highest BCUT2D eigenvalue weighted by Crippen LogP contribution is 2.13. The molecular weight excluding hydrogens is 268 g/mol. The summed E-state index contributed by atoms with van der Waals surface area (Å²) in [5.74, 6) is 0.236. The van der Waals surface area contributed by atoms with Crippen molar-refractivity contribution in [3.05, 3.63) is 22.4 Å². The van der Waals surface area contributed by atoms with Crippen LogP contribution in [0.3, 0.4) is 0 Å². The van der Waals surface area contributed by atoms with E-state index in [1.54, 1.807) is 0 Å². The number of carbonyl (C=O) groups is 1. The molecule has 2 N–H and O–H groups in total. The second-order valence-corrected chi connectivity index (χ2v) is 6.82. The van der Waals surface area contributed by atoms with E-state index in [4.69, 9.17) is 0 Å². The van der Waals surface area contributed by atoms with Crippen LogP contribution < -0.4 is 10.6 Å². The van der Waals surface area contributed by atoms with Crippen LogP contribution in [-0.2, 0) is 11.2 Å². The molecule has 0 aromatic carbocycles. The van der Waals surface area contributed by atoms with Crippen LogP contribution in [0.1, 0.15) is 50.3 Å². The predicted octanol–water partition coefficient (Wildman–Crippen LogP) is 3.11. The number of amides is 1. The van der Waals surface area contributed by atoms with Gasteiger partial charge in [-0.2, -0.15) is 0 Å². The lowest BCUT2D eigenvalue weighted by Gasteiger charge is -2.28. The van der Waals surface area contributed by atoms with Crippen molar-refractivity contribution in [2.24, 2.45) is 0 Å². The average molecular weight is 294 g/mol. The summed E-state index contributed by atoms with van der Waals surface area (Å²) in [6.07, 6.45) is 7.32. The molecule has 1 aromatic rings. The number of carbonyl (C=O) groups excluding carboxylic acids is 1. The molecule has 1 fully saturated rings. The minimum atomic E-state index is 0.236. The zero-order valence-corrected chi connectivity index (χ0v) is 13.2.